The second kappa shape index (κ2) is 9.76. The van der Waals surface area contributed by atoms with Crippen LogP contribution in [0.3, 0.4) is 0 Å². The highest BCUT2D eigenvalue weighted by Crippen LogP contribution is 2.29. The van der Waals surface area contributed by atoms with Gasteiger partial charge in [0.2, 0.25) is 0 Å². The molecule has 5 nitrogen and oxygen atoms in total. The van der Waals surface area contributed by atoms with Crippen LogP contribution >= 0.6 is 0 Å². The van der Waals surface area contributed by atoms with E-state index in [-0.39, 0.29) is 12.6 Å². The van der Waals surface area contributed by atoms with E-state index in [4.69, 9.17) is 4.74 Å². The fraction of sp³-hybridized carbons (Fsp3) is 0.381. The highest BCUT2D eigenvalue weighted by molar-refractivity contribution is 5.73. The first kappa shape index (κ1) is 21.1. The van der Waals surface area contributed by atoms with E-state index in [2.05, 4.69) is 15.5 Å². The van der Waals surface area contributed by atoms with E-state index in [0.29, 0.717) is 25.3 Å². The fourth-order valence-electron chi connectivity index (χ4n) is 3.31. The lowest BCUT2D eigenvalue weighted by Gasteiger charge is -2.34. The number of urea groups is 1. The molecule has 0 spiro atoms. The van der Waals surface area contributed by atoms with Gasteiger partial charge in [-0.1, -0.05) is 42.5 Å². The molecule has 2 amide bonds. The number of amides is 2. The van der Waals surface area contributed by atoms with E-state index < -0.39 is 17.8 Å². The summed E-state index contributed by atoms with van der Waals surface area (Å²) < 4.78 is 43.8. The normalized spacial score (nSPS) is 16.2. The van der Waals surface area contributed by atoms with Crippen LogP contribution in [0.4, 0.5) is 18.0 Å². The van der Waals surface area contributed by atoms with Gasteiger partial charge >= 0.3 is 12.2 Å². The van der Waals surface area contributed by atoms with Gasteiger partial charge in [0.05, 0.1) is 24.8 Å². The number of ether oxygens (including phenoxy) is 1. The van der Waals surface area contributed by atoms with Gasteiger partial charge in [-0.2, -0.15) is 13.2 Å². The molecule has 1 fully saturated rings. The second-order valence-electron chi connectivity index (χ2n) is 6.84. The molecule has 8 heteroatoms. The predicted octanol–water partition coefficient (Wildman–Crippen LogP) is 3.58. The highest BCUT2D eigenvalue weighted by Gasteiger charge is 2.30. The Morgan fingerprint density at radius 2 is 1.76 bits per heavy atom. The lowest BCUT2D eigenvalue weighted by molar-refractivity contribution is -0.137. The maximum Gasteiger partial charge on any atom is 0.416 e. The third kappa shape index (κ3) is 6.20. The van der Waals surface area contributed by atoms with Crippen molar-refractivity contribution in [3.63, 3.8) is 0 Å². The molecule has 156 valence electrons. The van der Waals surface area contributed by atoms with Crippen LogP contribution in [0, 0.1) is 0 Å². The van der Waals surface area contributed by atoms with Gasteiger partial charge in [-0.05, 0) is 23.3 Å². The first-order valence-corrected chi connectivity index (χ1v) is 9.48. The summed E-state index contributed by atoms with van der Waals surface area (Å²) in [6, 6.07) is 14.4. The van der Waals surface area contributed by atoms with Crippen LogP contribution in [0.1, 0.15) is 22.7 Å². The minimum atomic E-state index is -4.40. The Bertz CT molecular complexity index is 793. The van der Waals surface area contributed by atoms with E-state index in [1.165, 1.54) is 6.07 Å². The topological polar surface area (TPSA) is 53.6 Å². The van der Waals surface area contributed by atoms with Crippen LogP contribution in [-0.2, 0) is 17.5 Å². The molecule has 29 heavy (non-hydrogen) atoms. The zero-order chi connectivity index (χ0) is 20.7. The van der Waals surface area contributed by atoms with Gasteiger partial charge in [0.15, 0.2) is 0 Å². The molecule has 2 aromatic carbocycles. The highest BCUT2D eigenvalue weighted by atomic mass is 19.4. The van der Waals surface area contributed by atoms with Gasteiger partial charge in [-0.3, -0.25) is 4.90 Å². The SMILES string of the molecule is O=C(NCc1cccc(C(F)(F)F)c1)NC[C@H](c1ccccc1)N1CCOCC1. The zero-order valence-electron chi connectivity index (χ0n) is 15.9. The molecule has 1 saturated heterocycles. The van der Waals surface area contributed by atoms with Crippen LogP contribution < -0.4 is 10.6 Å². The van der Waals surface area contributed by atoms with Gasteiger partial charge in [-0.15, -0.1) is 0 Å². The molecule has 1 aliphatic heterocycles. The number of nitrogens with zero attached hydrogens (tertiary/aromatic N) is 1. The molecule has 2 N–H and O–H groups in total. The van der Waals surface area contributed by atoms with Gasteiger partial charge in [0, 0.05) is 26.2 Å². The number of carbonyl (C=O) groups excluding carboxylic acids is 1. The van der Waals surface area contributed by atoms with E-state index in [0.717, 1.165) is 30.8 Å². The maximum atomic E-state index is 12.8. The summed E-state index contributed by atoms with van der Waals surface area (Å²) in [6.45, 7) is 3.23. The molecule has 2 aromatic rings. The van der Waals surface area contributed by atoms with Crippen molar-refractivity contribution in [1.82, 2.24) is 15.5 Å². The van der Waals surface area contributed by atoms with E-state index in [1.807, 2.05) is 30.3 Å². The molecule has 0 saturated carbocycles. The standard InChI is InChI=1S/C21H24F3N3O2/c22-21(23,24)18-8-4-5-16(13-18)14-25-20(28)26-15-19(17-6-2-1-3-7-17)27-9-11-29-12-10-27/h1-8,13,19H,9-12,14-15H2,(H2,25,26,28)/t19-/m1/s1. The number of hydrogen-bond donors (Lipinski definition) is 2. The molecule has 0 aliphatic carbocycles. The third-order valence-electron chi connectivity index (χ3n) is 4.83. The summed E-state index contributed by atoms with van der Waals surface area (Å²) >= 11 is 0. The van der Waals surface area contributed by atoms with Crippen molar-refractivity contribution in [3.8, 4) is 0 Å². The molecule has 0 unspecified atom stereocenters. The number of halogens is 3. The van der Waals surface area contributed by atoms with Crippen LogP contribution in [-0.4, -0.2) is 43.8 Å². The number of rotatable bonds is 6. The van der Waals surface area contributed by atoms with Crippen molar-refractivity contribution in [1.29, 1.82) is 0 Å². The van der Waals surface area contributed by atoms with Gasteiger partial charge in [-0.25, -0.2) is 4.79 Å². The monoisotopic (exact) mass is 407 g/mol. The summed E-state index contributed by atoms with van der Waals surface area (Å²) in [5.74, 6) is 0. The van der Waals surface area contributed by atoms with E-state index >= 15 is 0 Å². The molecular formula is C21H24F3N3O2. The van der Waals surface area contributed by atoms with E-state index in [9.17, 15) is 18.0 Å². The average Bonchev–Trinajstić information content (AvgIpc) is 2.73. The Hall–Kier alpha value is -2.58. The number of carbonyl (C=O) groups is 1. The number of morpholine rings is 1. The lowest BCUT2D eigenvalue weighted by Crippen LogP contribution is -2.45. The Morgan fingerprint density at radius 1 is 1.03 bits per heavy atom. The van der Waals surface area contributed by atoms with Gasteiger partial charge < -0.3 is 15.4 Å². The fourth-order valence-corrected chi connectivity index (χ4v) is 3.31. The Morgan fingerprint density at radius 3 is 2.45 bits per heavy atom. The molecule has 0 bridgehead atoms. The van der Waals surface area contributed by atoms with Crippen molar-refractivity contribution >= 4 is 6.03 Å². The lowest BCUT2D eigenvalue weighted by atomic mass is 10.0. The minimum absolute atomic E-state index is 0.000549. The predicted molar refractivity (Wildman–Crippen MR) is 103 cm³/mol. The quantitative estimate of drug-likeness (QED) is 0.770. The van der Waals surface area contributed by atoms with Crippen molar-refractivity contribution in [3.05, 3.63) is 71.3 Å². The van der Waals surface area contributed by atoms with Crippen LogP contribution in [0.2, 0.25) is 0 Å². The third-order valence-corrected chi connectivity index (χ3v) is 4.83. The van der Waals surface area contributed by atoms with Crippen molar-refractivity contribution in [2.45, 2.75) is 18.8 Å². The zero-order valence-corrected chi connectivity index (χ0v) is 15.9. The molecule has 1 atom stereocenters. The Labute approximate surface area is 167 Å². The second-order valence-corrected chi connectivity index (χ2v) is 6.84. The largest absolute Gasteiger partial charge is 0.416 e. The van der Waals surface area contributed by atoms with Crippen molar-refractivity contribution in [2.75, 3.05) is 32.8 Å². The van der Waals surface area contributed by atoms with Crippen LogP contribution in [0.25, 0.3) is 0 Å². The number of nitrogens with one attached hydrogen (secondary N) is 2. The first-order valence-electron chi connectivity index (χ1n) is 9.48. The number of benzene rings is 2. The van der Waals surface area contributed by atoms with Gasteiger partial charge in [0.1, 0.15) is 0 Å². The molecule has 0 aromatic heterocycles. The molecule has 0 radical (unpaired) electrons. The Kier molecular flexibility index (Phi) is 7.11. The van der Waals surface area contributed by atoms with Crippen LogP contribution in [0.5, 0.6) is 0 Å². The smallest absolute Gasteiger partial charge is 0.379 e. The average molecular weight is 407 g/mol. The summed E-state index contributed by atoms with van der Waals surface area (Å²) in [7, 11) is 0. The van der Waals surface area contributed by atoms with E-state index in [1.54, 1.807) is 6.07 Å². The summed E-state index contributed by atoms with van der Waals surface area (Å²) in [5, 5.41) is 5.47. The minimum Gasteiger partial charge on any atom is -0.379 e. The van der Waals surface area contributed by atoms with Crippen LogP contribution in [0.15, 0.2) is 54.6 Å². The molecule has 3 rings (SSSR count). The first-order chi connectivity index (χ1) is 13.9. The summed E-state index contributed by atoms with van der Waals surface area (Å²) in [6.07, 6.45) is -4.40. The maximum absolute atomic E-state index is 12.8. The molecule has 1 aliphatic rings. The van der Waals surface area contributed by atoms with Crippen molar-refractivity contribution in [2.24, 2.45) is 0 Å². The number of alkyl halides is 3. The summed E-state index contributed by atoms with van der Waals surface area (Å²) in [5.41, 5.74) is 0.754. The molecular weight excluding hydrogens is 383 g/mol. The number of hydrogen-bond acceptors (Lipinski definition) is 3. The van der Waals surface area contributed by atoms with Gasteiger partial charge in [0.25, 0.3) is 0 Å². The van der Waals surface area contributed by atoms with Crippen molar-refractivity contribution < 1.29 is 22.7 Å². The summed E-state index contributed by atoms with van der Waals surface area (Å²) in [4.78, 5) is 14.5. The Balaban J connectivity index is 1.56. The molecule has 1 heterocycles.